The maximum absolute atomic E-state index is 5.76. The van der Waals surface area contributed by atoms with Gasteiger partial charge in [0.1, 0.15) is 5.75 Å². The second-order valence-electron chi connectivity index (χ2n) is 4.41. The summed E-state index contributed by atoms with van der Waals surface area (Å²) in [5.41, 5.74) is 7.95. The maximum atomic E-state index is 5.76. The molecular weight excluding hydrogens is 306 g/mol. The summed E-state index contributed by atoms with van der Waals surface area (Å²) < 4.78 is 8.64. The molecule has 0 amide bonds. The van der Waals surface area contributed by atoms with Crippen molar-refractivity contribution in [1.82, 2.24) is 9.78 Å². The predicted molar refractivity (Wildman–Crippen MR) is 79.3 cm³/mol. The van der Waals surface area contributed by atoms with E-state index in [1.54, 1.807) is 4.68 Å². The molecule has 0 atom stereocenters. The van der Waals surface area contributed by atoms with Crippen LogP contribution in [0.15, 0.2) is 35.1 Å². The lowest BCUT2D eigenvalue weighted by Gasteiger charge is -2.09. The maximum Gasteiger partial charge on any atom is 0.119 e. The van der Waals surface area contributed by atoms with Crippen LogP contribution in [0.2, 0.25) is 0 Å². The fraction of sp³-hybridized carbons (Fsp3) is 0.357. The Morgan fingerprint density at radius 3 is 2.89 bits per heavy atom. The smallest absolute Gasteiger partial charge is 0.119 e. The van der Waals surface area contributed by atoms with Crippen LogP contribution in [-0.2, 0) is 19.9 Å². The summed E-state index contributed by atoms with van der Waals surface area (Å²) in [6.45, 7) is 1.28. The van der Waals surface area contributed by atoms with Crippen molar-refractivity contribution >= 4 is 15.9 Å². The lowest BCUT2D eigenvalue weighted by Crippen LogP contribution is -2.05. The van der Waals surface area contributed by atoms with Gasteiger partial charge in [0.25, 0.3) is 0 Å². The fourth-order valence-corrected chi connectivity index (χ4v) is 2.32. The molecule has 1 aromatic carbocycles. The van der Waals surface area contributed by atoms with E-state index < -0.39 is 0 Å². The monoisotopic (exact) mass is 323 g/mol. The van der Waals surface area contributed by atoms with Gasteiger partial charge < -0.3 is 10.5 Å². The number of hydrogen-bond donors (Lipinski definition) is 1. The Bertz CT molecular complexity index is 539. The third-order valence-electron chi connectivity index (χ3n) is 2.85. The normalized spacial score (nSPS) is 10.7. The van der Waals surface area contributed by atoms with Crippen LogP contribution in [0.25, 0.3) is 0 Å². The summed E-state index contributed by atoms with van der Waals surface area (Å²) in [5, 5.41) is 4.13. The molecular formula is C14H18BrN3O. The quantitative estimate of drug-likeness (QED) is 0.887. The Morgan fingerprint density at radius 1 is 1.37 bits per heavy atom. The van der Waals surface area contributed by atoms with Crippen molar-refractivity contribution in [3.8, 4) is 5.75 Å². The van der Waals surface area contributed by atoms with Gasteiger partial charge in [0.05, 0.1) is 12.8 Å². The molecule has 5 heteroatoms. The van der Waals surface area contributed by atoms with Crippen LogP contribution in [0.1, 0.15) is 11.1 Å². The number of benzene rings is 1. The number of hydrogen-bond acceptors (Lipinski definition) is 3. The number of aromatic nitrogens is 2. The average molecular weight is 324 g/mol. The van der Waals surface area contributed by atoms with Crippen molar-refractivity contribution in [2.75, 3.05) is 13.2 Å². The van der Waals surface area contributed by atoms with Gasteiger partial charge in [0.15, 0.2) is 0 Å². The Morgan fingerprint density at radius 2 is 2.21 bits per heavy atom. The third kappa shape index (κ3) is 4.08. The molecule has 0 fully saturated rings. The zero-order chi connectivity index (χ0) is 13.7. The first-order valence-electron chi connectivity index (χ1n) is 6.28. The molecule has 102 valence electrons. The van der Waals surface area contributed by atoms with Crippen LogP contribution in [0.4, 0.5) is 0 Å². The molecule has 0 saturated carbocycles. The standard InChI is InChI=1S/C14H18BrN3O/c1-18-10-11(9-17-18)5-7-19-13-2-3-14(15)12(8-13)4-6-16/h2-3,8-10H,4-7,16H2,1H3. The molecule has 1 heterocycles. The third-order valence-corrected chi connectivity index (χ3v) is 3.62. The van der Waals surface area contributed by atoms with Gasteiger partial charge in [-0.05, 0) is 42.3 Å². The number of ether oxygens (including phenoxy) is 1. The van der Waals surface area contributed by atoms with E-state index in [-0.39, 0.29) is 0 Å². The minimum atomic E-state index is 0.637. The van der Waals surface area contributed by atoms with Gasteiger partial charge in [0, 0.05) is 24.1 Å². The van der Waals surface area contributed by atoms with Gasteiger partial charge >= 0.3 is 0 Å². The van der Waals surface area contributed by atoms with E-state index in [9.17, 15) is 0 Å². The van der Waals surface area contributed by atoms with Gasteiger partial charge in [-0.25, -0.2) is 0 Å². The topological polar surface area (TPSA) is 53.1 Å². The SMILES string of the molecule is Cn1cc(CCOc2ccc(Br)c(CCN)c2)cn1. The highest BCUT2D eigenvalue weighted by atomic mass is 79.9. The van der Waals surface area contributed by atoms with Crippen LogP contribution in [0.3, 0.4) is 0 Å². The van der Waals surface area contributed by atoms with Crippen LogP contribution in [0, 0.1) is 0 Å². The first-order chi connectivity index (χ1) is 9.19. The number of aryl methyl sites for hydroxylation is 1. The van der Waals surface area contributed by atoms with Gasteiger partial charge in [-0.1, -0.05) is 15.9 Å². The van der Waals surface area contributed by atoms with E-state index in [4.69, 9.17) is 10.5 Å². The minimum absolute atomic E-state index is 0.637. The number of nitrogens with zero attached hydrogens (tertiary/aromatic N) is 2. The molecule has 2 N–H and O–H groups in total. The van der Waals surface area contributed by atoms with Crippen molar-refractivity contribution in [2.24, 2.45) is 12.8 Å². The molecule has 0 unspecified atom stereocenters. The summed E-state index contributed by atoms with van der Waals surface area (Å²) >= 11 is 3.52. The number of halogens is 1. The van der Waals surface area contributed by atoms with Crippen molar-refractivity contribution in [3.05, 3.63) is 46.2 Å². The Balaban J connectivity index is 1.90. The second-order valence-corrected chi connectivity index (χ2v) is 5.27. The van der Waals surface area contributed by atoms with Gasteiger partial charge in [-0.2, -0.15) is 5.10 Å². The fourth-order valence-electron chi connectivity index (χ4n) is 1.88. The van der Waals surface area contributed by atoms with Crippen molar-refractivity contribution in [3.63, 3.8) is 0 Å². The highest BCUT2D eigenvalue weighted by molar-refractivity contribution is 9.10. The van der Waals surface area contributed by atoms with Crippen molar-refractivity contribution in [1.29, 1.82) is 0 Å². The van der Waals surface area contributed by atoms with Crippen LogP contribution in [0.5, 0.6) is 5.75 Å². The van der Waals surface area contributed by atoms with E-state index in [1.165, 1.54) is 11.1 Å². The summed E-state index contributed by atoms with van der Waals surface area (Å²) in [7, 11) is 1.91. The predicted octanol–water partition coefficient (Wildman–Crippen LogP) is 2.31. The van der Waals surface area contributed by atoms with E-state index in [2.05, 4.69) is 21.0 Å². The average Bonchev–Trinajstić information content (AvgIpc) is 2.79. The molecule has 0 saturated heterocycles. The lowest BCUT2D eigenvalue weighted by molar-refractivity contribution is 0.321. The Labute approximate surface area is 121 Å². The molecule has 0 bridgehead atoms. The Hall–Kier alpha value is -1.33. The zero-order valence-corrected chi connectivity index (χ0v) is 12.6. The van der Waals surface area contributed by atoms with Gasteiger partial charge in [-0.15, -0.1) is 0 Å². The second kappa shape index (κ2) is 6.73. The molecule has 0 aliphatic rings. The van der Waals surface area contributed by atoms with Gasteiger partial charge in [-0.3, -0.25) is 4.68 Å². The zero-order valence-electron chi connectivity index (χ0n) is 11.0. The molecule has 2 aromatic rings. The Kier molecular flexibility index (Phi) is 4.99. The molecule has 0 spiro atoms. The minimum Gasteiger partial charge on any atom is -0.493 e. The van der Waals surface area contributed by atoms with E-state index in [0.717, 1.165) is 23.1 Å². The van der Waals surface area contributed by atoms with Crippen LogP contribution < -0.4 is 10.5 Å². The lowest BCUT2D eigenvalue weighted by atomic mass is 10.1. The largest absolute Gasteiger partial charge is 0.493 e. The van der Waals surface area contributed by atoms with Crippen LogP contribution in [-0.4, -0.2) is 22.9 Å². The first-order valence-corrected chi connectivity index (χ1v) is 7.07. The molecule has 1 aromatic heterocycles. The van der Waals surface area contributed by atoms with Crippen molar-refractivity contribution < 1.29 is 4.74 Å². The molecule has 0 radical (unpaired) electrons. The summed E-state index contributed by atoms with van der Waals surface area (Å²) in [6.07, 6.45) is 5.58. The highest BCUT2D eigenvalue weighted by Gasteiger charge is 2.03. The van der Waals surface area contributed by atoms with E-state index in [1.807, 2.05) is 37.6 Å². The number of nitrogens with two attached hydrogens (primary N) is 1. The molecule has 2 rings (SSSR count). The van der Waals surface area contributed by atoms with E-state index >= 15 is 0 Å². The molecule has 0 aliphatic carbocycles. The molecule has 0 aliphatic heterocycles. The van der Waals surface area contributed by atoms with E-state index in [0.29, 0.717) is 13.2 Å². The molecule has 19 heavy (non-hydrogen) atoms. The van der Waals surface area contributed by atoms with Crippen molar-refractivity contribution in [2.45, 2.75) is 12.8 Å². The molecule has 4 nitrogen and oxygen atoms in total. The summed E-state index contributed by atoms with van der Waals surface area (Å²) in [5.74, 6) is 0.885. The summed E-state index contributed by atoms with van der Waals surface area (Å²) in [4.78, 5) is 0. The summed E-state index contributed by atoms with van der Waals surface area (Å²) in [6, 6.07) is 6.01. The highest BCUT2D eigenvalue weighted by Crippen LogP contribution is 2.23. The number of rotatable bonds is 6. The first kappa shape index (κ1) is 14.1. The van der Waals surface area contributed by atoms with Gasteiger partial charge in [0.2, 0.25) is 0 Å². The van der Waals surface area contributed by atoms with Crippen LogP contribution >= 0.6 is 15.9 Å².